The minimum Gasteiger partial charge on any atom is -0.0702 e. The first-order chi connectivity index (χ1) is 9.33. The number of aryl methyl sites for hydroxylation is 1. The standard InChI is InChI=1S/C19H14/c1-15-12-18(16-8-4-2-5-9-16)14-19(13-15)17-10-6-3-7-11-17/h2,4-6,8-14H,1H3. The van der Waals surface area contributed by atoms with E-state index in [2.05, 4.69) is 67.6 Å². The second-order valence-electron chi connectivity index (χ2n) is 4.68. The zero-order valence-corrected chi connectivity index (χ0v) is 10.9. The first kappa shape index (κ1) is 11.6. The highest BCUT2D eigenvalue weighted by atomic mass is 14.1. The van der Waals surface area contributed by atoms with Crippen LogP contribution in [0.1, 0.15) is 5.56 Å². The molecule has 0 unspecified atom stereocenters. The highest BCUT2D eigenvalue weighted by Gasteiger charge is 2.02. The van der Waals surface area contributed by atoms with Crippen LogP contribution in [0, 0.1) is 19.1 Å². The van der Waals surface area contributed by atoms with Gasteiger partial charge in [0, 0.05) is 0 Å². The Morgan fingerprint density at radius 3 is 2.11 bits per heavy atom. The van der Waals surface area contributed by atoms with Gasteiger partial charge in [0.2, 0.25) is 0 Å². The van der Waals surface area contributed by atoms with Crippen molar-refractivity contribution in [2.24, 2.45) is 0 Å². The van der Waals surface area contributed by atoms with Crippen LogP contribution in [-0.2, 0) is 0 Å². The Hall–Kier alpha value is -2.52. The summed E-state index contributed by atoms with van der Waals surface area (Å²) in [5.41, 5.74) is 6.18. The van der Waals surface area contributed by atoms with E-state index in [0.29, 0.717) is 0 Å². The van der Waals surface area contributed by atoms with Crippen molar-refractivity contribution in [2.45, 2.75) is 6.92 Å². The molecule has 0 aromatic heterocycles. The molecule has 0 aliphatic carbocycles. The Labute approximate surface area is 114 Å². The van der Waals surface area contributed by atoms with E-state index >= 15 is 0 Å². The Morgan fingerprint density at radius 1 is 0.684 bits per heavy atom. The van der Waals surface area contributed by atoms with E-state index < -0.39 is 0 Å². The molecule has 0 amide bonds. The monoisotopic (exact) mass is 242 g/mol. The van der Waals surface area contributed by atoms with Crippen LogP contribution in [0.5, 0.6) is 0 Å². The van der Waals surface area contributed by atoms with E-state index in [-0.39, 0.29) is 0 Å². The molecule has 3 aromatic carbocycles. The van der Waals surface area contributed by atoms with E-state index in [0.717, 1.165) is 0 Å². The van der Waals surface area contributed by atoms with Crippen LogP contribution < -0.4 is 0 Å². The maximum Gasteiger partial charge on any atom is -0.00365 e. The van der Waals surface area contributed by atoms with Crippen molar-refractivity contribution in [1.82, 2.24) is 0 Å². The normalized spacial score (nSPS) is 9.95. The second kappa shape index (κ2) is 5.00. The number of hydrogen-bond donors (Lipinski definition) is 0. The largest absolute Gasteiger partial charge is 0.0702 e. The van der Waals surface area contributed by atoms with Crippen molar-refractivity contribution in [3.8, 4) is 22.3 Å². The topological polar surface area (TPSA) is 0 Å². The number of hydrogen-bond acceptors (Lipinski definition) is 0. The summed E-state index contributed by atoms with van der Waals surface area (Å²) in [7, 11) is 0. The van der Waals surface area contributed by atoms with E-state index in [1.807, 2.05) is 18.2 Å². The van der Waals surface area contributed by atoms with Gasteiger partial charge in [-0.25, -0.2) is 0 Å². The third kappa shape index (κ3) is 2.51. The number of benzene rings is 2. The molecule has 19 heavy (non-hydrogen) atoms. The molecule has 0 heteroatoms. The Balaban J connectivity index is 2.12. The van der Waals surface area contributed by atoms with Crippen molar-refractivity contribution in [3.05, 3.63) is 84.4 Å². The molecular formula is C19H14. The van der Waals surface area contributed by atoms with Gasteiger partial charge < -0.3 is 0 Å². The van der Waals surface area contributed by atoms with E-state index in [4.69, 9.17) is 0 Å². The van der Waals surface area contributed by atoms with Gasteiger partial charge in [-0.2, -0.15) is 0 Å². The van der Waals surface area contributed by atoms with E-state index in [9.17, 15) is 0 Å². The van der Waals surface area contributed by atoms with Crippen LogP contribution in [-0.4, -0.2) is 0 Å². The highest BCUT2D eigenvalue weighted by Crippen LogP contribution is 2.27. The van der Waals surface area contributed by atoms with Crippen LogP contribution in [0.3, 0.4) is 0 Å². The molecular weight excluding hydrogens is 228 g/mol. The Kier molecular flexibility index (Phi) is 3.04. The summed E-state index contributed by atoms with van der Waals surface area (Å²) >= 11 is 0. The fourth-order valence-electron chi connectivity index (χ4n) is 2.27. The van der Waals surface area contributed by atoms with Gasteiger partial charge in [0.25, 0.3) is 0 Å². The molecule has 0 spiro atoms. The molecule has 3 rings (SSSR count). The molecule has 0 heterocycles. The quantitative estimate of drug-likeness (QED) is 0.597. The molecule has 0 saturated carbocycles. The molecule has 0 nitrogen and oxygen atoms in total. The van der Waals surface area contributed by atoms with Gasteiger partial charge in [0.05, 0.1) is 0 Å². The fourth-order valence-corrected chi connectivity index (χ4v) is 2.27. The molecule has 3 aromatic rings. The van der Waals surface area contributed by atoms with E-state index in [1.165, 1.54) is 27.8 Å². The maximum absolute atomic E-state index is 3.01. The minimum absolute atomic E-state index is 1.18. The summed E-state index contributed by atoms with van der Waals surface area (Å²) in [5, 5.41) is 0. The maximum atomic E-state index is 3.01. The van der Waals surface area contributed by atoms with Crippen LogP contribution >= 0.6 is 0 Å². The fraction of sp³-hybridized carbons (Fsp3) is 0.0526. The molecule has 0 fully saturated rings. The average Bonchev–Trinajstić information content (AvgIpc) is 2.48. The lowest BCUT2D eigenvalue weighted by atomic mass is 9.97. The summed E-state index contributed by atoms with van der Waals surface area (Å²) in [6, 6.07) is 29.0. The zero-order valence-electron chi connectivity index (χ0n) is 10.9. The van der Waals surface area contributed by atoms with Crippen molar-refractivity contribution >= 4 is 0 Å². The Bertz CT molecular complexity index is 609. The van der Waals surface area contributed by atoms with Gasteiger partial charge >= 0.3 is 0 Å². The lowest BCUT2D eigenvalue weighted by Gasteiger charge is -2.07. The lowest BCUT2D eigenvalue weighted by molar-refractivity contribution is 1.46. The van der Waals surface area contributed by atoms with Crippen LogP contribution in [0.25, 0.3) is 22.3 Å². The predicted molar refractivity (Wildman–Crippen MR) is 79.7 cm³/mol. The SMILES string of the molecule is Cc1cc(-c2cc#ccc2)cc(-c2ccccc2)c1. The van der Waals surface area contributed by atoms with Crippen molar-refractivity contribution in [1.29, 1.82) is 0 Å². The highest BCUT2D eigenvalue weighted by molar-refractivity contribution is 5.73. The summed E-state index contributed by atoms with van der Waals surface area (Å²) in [4.78, 5) is 0. The first-order valence-electron chi connectivity index (χ1n) is 6.38. The van der Waals surface area contributed by atoms with Crippen molar-refractivity contribution in [2.75, 3.05) is 0 Å². The van der Waals surface area contributed by atoms with Gasteiger partial charge in [-0.3, -0.25) is 0 Å². The average molecular weight is 242 g/mol. The van der Waals surface area contributed by atoms with Gasteiger partial charge in [-0.15, -0.1) is 0 Å². The van der Waals surface area contributed by atoms with E-state index in [1.54, 1.807) is 0 Å². The van der Waals surface area contributed by atoms with Crippen LogP contribution in [0.2, 0.25) is 0 Å². The molecule has 0 aliphatic heterocycles. The molecule has 90 valence electrons. The lowest BCUT2D eigenvalue weighted by Crippen LogP contribution is -1.83. The smallest absolute Gasteiger partial charge is 0.00365 e. The summed E-state index contributed by atoms with van der Waals surface area (Å²) in [6.45, 7) is 2.13. The first-order valence-corrected chi connectivity index (χ1v) is 6.38. The minimum atomic E-state index is 1.18. The van der Waals surface area contributed by atoms with Gasteiger partial charge in [0.1, 0.15) is 0 Å². The summed E-state index contributed by atoms with van der Waals surface area (Å²) in [6.07, 6.45) is 0. The second-order valence-corrected chi connectivity index (χ2v) is 4.68. The molecule has 0 bridgehead atoms. The third-order valence-electron chi connectivity index (χ3n) is 3.18. The zero-order chi connectivity index (χ0) is 13.1. The van der Waals surface area contributed by atoms with Crippen molar-refractivity contribution < 1.29 is 0 Å². The third-order valence-corrected chi connectivity index (χ3v) is 3.18. The number of rotatable bonds is 2. The molecule has 0 saturated heterocycles. The van der Waals surface area contributed by atoms with Crippen LogP contribution in [0.4, 0.5) is 0 Å². The van der Waals surface area contributed by atoms with Crippen LogP contribution in [0.15, 0.2) is 66.7 Å². The molecule has 0 aliphatic rings. The predicted octanol–water partition coefficient (Wildman–Crippen LogP) is 4.93. The summed E-state index contributed by atoms with van der Waals surface area (Å²) < 4.78 is 0. The molecule has 0 radical (unpaired) electrons. The molecule has 0 N–H and O–H groups in total. The van der Waals surface area contributed by atoms with Gasteiger partial charge in [-0.1, -0.05) is 54.6 Å². The van der Waals surface area contributed by atoms with Gasteiger partial charge in [0.15, 0.2) is 0 Å². The van der Waals surface area contributed by atoms with Gasteiger partial charge in [-0.05, 0) is 59.0 Å². The Morgan fingerprint density at radius 2 is 1.42 bits per heavy atom. The summed E-state index contributed by atoms with van der Waals surface area (Å²) in [5.74, 6) is 0. The van der Waals surface area contributed by atoms with Crippen molar-refractivity contribution in [3.63, 3.8) is 0 Å². The molecule has 0 atom stereocenters.